The largest absolute Gasteiger partial charge is 0.503 e. The molecule has 0 atom stereocenters. The van der Waals surface area contributed by atoms with Crippen molar-refractivity contribution in [1.29, 1.82) is 0 Å². The molecule has 0 aliphatic carbocycles. The van der Waals surface area contributed by atoms with E-state index < -0.39 is 17.5 Å². The molecule has 0 saturated heterocycles. The van der Waals surface area contributed by atoms with Crippen LogP contribution in [0.25, 0.3) is 0 Å². The maximum atomic E-state index is 13.1. The van der Waals surface area contributed by atoms with Gasteiger partial charge in [-0.3, -0.25) is 0 Å². The molecule has 1 aromatic carbocycles. The van der Waals surface area contributed by atoms with Crippen LogP contribution in [0.1, 0.15) is 10.4 Å². The molecule has 15 heavy (non-hydrogen) atoms. The molecule has 0 fully saturated rings. The predicted octanol–water partition coefficient (Wildman–Crippen LogP) is 0.909. The van der Waals surface area contributed by atoms with Gasteiger partial charge in [-0.25, -0.2) is 9.18 Å². The molecule has 0 radical (unpaired) electrons. The van der Waals surface area contributed by atoms with Crippen molar-refractivity contribution in [3.63, 3.8) is 0 Å². The number of aromatic hydroxyl groups is 1. The van der Waals surface area contributed by atoms with Gasteiger partial charge in [-0.05, 0) is 6.07 Å². The summed E-state index contributed by atoms with van der Waals surface area (Å²) in [7, 11) is 2.39. The summed E-state index contributed by atoms with van der Waals surface area (Å²) in [6, 6.07) is 0.802. The van der Waals surface area contributed by atoms with Crippen molar-refractivity contribution >= 4 is 11.7 Å². The summed E-state index contributed by atoms with van der Waals surface area (Å²) in [4.78, 5) is 11.2. The molecule has 0 unspecified atom stereocenters. The van der Waals surface area contributed by atoms with Gasteiger partial charge in [-0.15, -0.1) is 0 Å². The van der Waals surface area contributed by atoms with Gasteiger partial charge in [0.15, 0.2) is 17.3 Å². The number of nitrogens with two attached hydrogens (primary N) is 1. The van der Waals surface area contributed by atoms with Gasteiger partial charge in [0.25, 0.3) is 0 Å². The van der Waals surface area contributed by atoms with E-state index in [1.54, 1.807) is 0 Å². The van der Waals surface area contributed by atoms with Crippen molar-refractivity contribution in [2.24, 2.45) is 0 Å². The van der Waals surface area contributed by atoms with Crippen LogP contribution in [0.5, 0.6) is 11.5 Å². The third-order valence-electron chi connectivity index (χ3n) is 1.85. The number of hydrogen-bond donors (Lipinski definition) is 2. The molecule has 0 bridgehead atoms. The summed E-state index contributed by atoms with van der Waals surface area (Å²) in [5, 5.41) is 9.17. The standard InChI is InChI=1S/C9H10FNO4/c1-14-8-4(9(13)15-2)3-5(10)7(12)6(8)11/h3,12H,11H2,1-2H3. The third kappa shape index (κ3) is 1.78. The van der Waals surface area contributed by atoms with Gasteiger partial charge in [-0.2, -0.15) is 0 Å². The lowest BCUT2D eigenvalue weighted by atomic mass is 10.1. The Hall–Kier alpha value is -1.98. The van der Waals surface area contributed by atoms with Gasteiger partial charge in [0.1, 0.15) is 11.3 Å². The van der Waals surface area contributed by atoms with Gasteiger partial charge >= 0.3 is 5.97 Å². The molecule has 0 spiro atoms. The molecule has 0 aliphatic heterocycles. The van der Waals surface area contributed by atoms with E-state index in [4.69, 9.17) is 15.6 Å². The van der Waals surface area contributed by atoms with Crippen LogP contribution >= 0.6 is 0 Å². The maximum absolute atomic E-state index is 13.1. The SMILES string of the molecule is COC(=O)c1cc(F)c(O)c(N)c1OC. The molecular weight excluding hydrogens is 205 g/mol. The van der Waals surface area contributed by atoms with Crippen LogP contribution in [0.2, 0.25) is 0 Å². The lowest BCUT2D eigenvalue weighted by Crippen LogP contribution is -2.07. The number of rotatable bonds is 2. The minimum absolute atomic E-state index is 0.110. The highest BCUT2D eigenvalue weighted by Crippen LogP contribution is 2.36. The van der Waals surface area contributed by atoms with Crippen molar-refractivity contribution in [2.75, 3.05) is 20.0 Å². The Morgan fingerprint density at radius 2 is 2.13 bits per heavy atom. The summed E-state index contributed by atoms with van der Waals surface area (Å²) in [5.41, 5.74) is 4.86. The molecule has 1 rings (SSSR count). The number of nitrogen functional groups attached to an aromatic ring is 1. The molecule has 82 valence electrons. The Kier molecular flexibility index (Phi) is 2.99. The molecule has 0 amide bonds. The first kappa shape index (κ1) is 11.1. The smallest absolute Gasteiger partial charge is 0.341 e. The van der Waals surface area contributed by atoms with Crippen LogP contribution in [0, 0.1) is 5.82 Å². The van der Waals surface area contributed by atoms with Gasteiger partial charge < -0.3 is 20.3 Å². The van der Waals surface area contributed by atoms with Crippen LogP contribution in [-0.4, -0.2) is 25.3 Å². The predicted molar refractivity (Wildman–Crippen MR) is 50.4 cm³/mol. The van der Waals surface area contributed by atoms with Crippen molar-refractivity contribution in [2.45, 2.75) is 0 Å². The summed E-state index contributed by atoms with van der Waals surface area (Å²) in [6.07, 6.45) is 0. The number of phenols is 1. The fraction of sp³-hybridized carbons (Fsp3) is 0.222. The Balaban J connectivity index is 3.45. The van der Waals surface area contributed by atoms with Gasteiger partial charge in [0.2, 0.25) is 0 Å². The monoisotopic (exact) mass is 215 g/mol. The fourth-order valence-electron chi connectivity index (χ4n) is 1.12. The molecule has 1 aromatic rings. The van der Waals surface area contributed by atoms with E-state index in [1.807, 2.05) is 0 Å². The topological polar surface area (TPSA) is 81.8 Å². The quantitative estimate of drug-likeness (QED) is 0.435. The Bertz CT molecular complexity index is 406. The minimum Gasteiger partial charge on any atom is -0.503 e. The molecule has 6 heteroatoms. The van der Waals surface area contributed by atoms with E-state index in [2.05, 4.69) is 4.74 Å². The minimum atomic E-state index is -1.01. The fourth-order valence-corrected chi connectivity index (χ4v) is 1.12. The lowest BCUT2D eigenvalue weighted by Gasteiger charge is -2.11. The molecular formula is C9H10FNO4. The highest BCUT2D eigenvalue weighted by atomic mass is 19.1. The van der Waals surface area contributed by atoms with Crippen molar-refractivity contribution in [1.82, 2.24) is 0 Å². The summed E-state index contributed by atoms with van der Waals surface area (Å²) < 4.78 is 22.2. The zero-order valence-electron chi connectivity index (χ0n) is 8.20. The number of ether oxygens (including phenoxy) is 2. The number of carbonyl (C=O) groups excluding carboxylic acids is 1. The molecule has 0 heterocycles. The van der Waals surface area contributed by atoms with E-state index in [0.29, 0.717) is 0 Å². The average Bonchev–Trinajstić information content (AvgIpc) is 2.24. The molecule has 0 aliphatic rings. The number of phenolic OH excluding ortho intramolecular Hbond substituents is 1. The Labute approximate surface area is 85.2 Å². The van der Waals surface area contributed by atoms with Crippen molar-refractivity contribution < 1.29 is 23.8 Å². The molecule has 0 aromatic heterocycles. The maximum Gasteiger partial charge on any atom is 0.341 e. The van der Waals surface area contributed by atoms with Crippen LogP contribution in [0.3, 0.4) is 0 Å². The van der Waals surface area contributed by atoms with E-state index in [1.165, 1.54) is 7.11 Å². The van der Waals surface area contributed by atoms with Crippen LogP contribution in [0.4, 0.5) is 10.1 Å². The zero-order valence-corrected chi connectivity index (χ0v) is 8.20. The summed E-state index contributed by atoms with van der Waals surface area (Å²) >= 11 is 0. The van der Waals surface area contributed by atoms with E-state index in [9.17, 15) is 9.18 Å². The van der Waals surface area contributed by atoms with Gasteiger partial charge in [0.05, 0.1) is 14.2 Å². The Morgan fingerprint density at radius 1 is 1.53 bits per heavy atom. The number of anilines is 1. The first-order valence-corrected chi connectivity index (χ1v) is 3.96. The molecule has 3 N–H and O–H groups in total. The first-order chi connectivity index (χ1) is 7.02. The number of methoxy groups -OCH3 is 2. The Morgan fingerprint density at radius 3 is 2.60 bits per heavy atom. The van der Waals surface area contributed by atoms with Crippen LogP contribution < -0.4 is 10.5 Å². The number of carbonyl (C=O) groups is 1. The lowest BCUT2D eigenvalue weighted by molar-refractivity contribution is 0.0596. The third-order valence-corrected chi connectivity index (χ3v) is 1.85. The number of halogens is 1. The summed E-state index contributed by atoms with van der Waals surface area (Å²) in [6.45, 7) is 0. The summed E-state index contributed by atoms with van der Waals surface area (Å²) in [5.74, 6) is -2.66. The number of esters is 1. The number of benzene rings is 1. The van der Waals surface area contributed by atoms with E-state index in [-0.39, 0.29) is 17.0 Å². The van der Waals surface area contributed by atoms with E-state index >= 15 is 0 Å². The van der Waals surface area contributed by atoms with Gasteiger partial charge in [0, 0.05) is 0 Å². The van der Waals surface area contributed by atoms with Crippen molar-refractivity contribution in [3.8, 4) is 11.5 Å². The zero-order chi connectivity index (χ0) is 11.6. The second kappa shape index (κ2) is 4.04. The second-order valence-corrected chi connectivity index (χ2v) is 2.69. The molecule has 0 saturated carbocycles. The normalized spacial score (nSPS) is 9.80. The van der Waals surface area contributed by atoms with Crippen LogP contribution in [0.15, 0.2) is 6.07 Å². The average molecular weight is 215 g/mol. The number of hydrogen-bond acceptors (Lipinski definition) is 5. The van der Waals surface area contributed by atoms with Crippen LogP contribution in [-0.2, 0) is 4.74 Å². The van der Waals surface area contributed by atoms with Crippen molar-refractivity contribution in [3.05, 3.63) is 17.4 Å². The van der Waals surface area contributed by atoms with Gasteiger partial charge in [-0.1, -0.05) is 0 Å². The molecule has 5 nitrogen and oxygen atoms in total. The first-order valence-electron chi connectivity index (χ1n) is 3.96. The highest BCUT2D eigenvalue weighted by Gasteiger charge is 2.21. The second-order valence-electron chi connectivity index (χ2n) is 2.69. The van der Waals surface area contributed by atoms with E-state index in [0.717, 1.165) is 13.2 Å². The highest BCUT2D eigenvalue weighted by molar-refractivity contribution is 5.95.